The van der Waals surface area contributed by atoms with Gasteiger partial charge in [-0.25, -0.2) is 0 Å². The lowest BCUT2D eigenvalue weighted by Gasteiger charge is -2.15. The van der Waals surface area contributed by atoms with Crippen molar-refractivity contribution in [3.63, 3.8) is 0 Å². The van der Waals surface area contributed by atoms with Gasteiger partial charge in [0.2, 0.25) is 0 Å². The number of aliphatic hydroxyl groups is 1. The first-order chi connectivity index (χ1) is 8.20. The van der Waals surface area contributed by atoms with E-state index in [4.69, 9.17) is 5.73 Å². The van der Waals surface area contributed by atoms with Gasteiger partial charge >= 0.3 is 0 Å². The lowest BCUT2D eigenvalue weighted by Crippen LogP contribution is -2.31. The van der Waals surface area contributed by atoms with Crippen molar-refractivity contribution in [1.82, 2.24) is 5.32 Å². The Bertz CT molecular complexity index is 153. The first kappa shape index (κ1) is 16.9. The summed E-state index contributed by atoms with van der Waals surface area (Å²) in [6, 6.07) is 0.561. The Labute approximate surface area is 107 Å². The minimum Gasteiger partial charge on any atom is -0.392 e. The Hall–Kier alpha value is -0.120. The molecule has 17 heavy (non-hydrogen) atoms. The third kappa shape index (κ3) is 12.1. The second-order valence-electron chi connectivity index (χ2n) is 5.09. The SMILES string of the molecule is CCCCCCCCC(C)NCCC(O)CN. The van der Waals surface area contributed by atoms with Crippen molar-refractivity contribution in [3.8, 4) is 0 Å². The molecule has 0 aliphatic rings. The highest BCUT2D eigenvalue weighted by atomic mass is 16.3. The molecule has 4 N–H and O–H groups in total. The molecule has 3 nitrogen and oxygen atoms in total. The monoisotopic (exact) mass is 244 g/mol. The Morgan fingerprint density at radius 1 is 1.06 bits per heavy atom. The Morgan fingerprint density at radius 2 is 1.71 bits per heavy atom. The standard InChI is InChI=1S/C14H32N2O/c1-3-4-5-6-7-8-9-13(2)16-11-10-14(17)12-15/h13-14,16-17H,3-12,15H2,1-2H3. The van der Waals surface area contributed by atoms with Crippen LogP contribution in [0.3, 0.4) is 0 Å². The average Bonchev–Trinajstić information content (AvgIpc) is 2.33. The molecule has 0 aliphatic heterocycles. The van der Waals surface area contributed by atoms with Crippen LogP contribution in [0.4, 0.5) is 0 Å². The van der Waals surface area contributed by atoms with Gasteiger partial charge in [0, 0.05) is 12.6 Å². The molecule has 0 heterocycles. The van der Waals surface area contributed by atoms with E-state index in [-0.39, 0.29) is 6.10 Å². The predicted molar refractivity (Wildman–Crippen MR) is 75.1 cm³/mol. The summed E-state index contributed by atoms with van der Waals surface area (Å²) in [6.45, 7) is 5.71. The van der Waals surface area contributed by atoms with E-state index in [9.17, 15) is 5.11 Å². The minimum atomic E-state index is -0.344. The fraction of sp³-hybridized carbons (Fsp3) is 1.00. The van der Waals surface area contributed by atoms with Crippen LogP contribution in [0, 0.1) is 0 Å². The molecule has 0 saturated carbocycles. The summed E-state index contributed by atoms with van der Waals surface area (Å²) in [5.41, 5.74) is 5.35. The molecule has 2 unspecified atom stereocenters. The second-order valence-corrected chi connectivity index (χ2v) is 5.09. The molecule has 0 spiro atoms. The molecule has 0 amide bonds. The van der Waals surface area contributed by atoms with Gasteiger partial charge in [-0.05, 0) is 26.3 Å². The summed E-state index contributed by atoms with van der Waals surface area (Å²) < 4.78 is 0. The van der Waals surface area contributed by atoms with Crippen LogP contribution in [0.1, 0.15) is 65.2 Å². The van der Waals surface area contributed by atoms with E-state index in [1.165, 1.54) is 44.9 Å². The highest BCUT2D eigenvalue weighted by Gasteiger charge is 2.03. The molecule has 0 aromatic rings. The van der Waals surface area contributed by atoms with Gasteiger partial charge in [0.05, 0.1) is 6.10 Å². The second kappa shape index (κ2) is 12.3. The van der Waals surface area contributed by atoms with Gasteiger partial charge in [0.25, 0.3) is 0 Å². The third-order valence-corrected chi connectivity index (χ3v) is 3.23. The number of nitrogens with two attached hydrogens (primary N) is 1. The van der Waals surface area contributed by atoms with Crippen molar-refractivity contribution in [2.75, 3.05) is 13.1 Å². The van der Waals surface area contributed by atoms with Crippen LogP contribution >= 0.6 is 0 Å². The van der Waals surface area contributed by atoms with E-state index in [0.717, 1.165) is 13.0 Å². The van der Waals surface area contributed by atoms with Gasteiger partial charge in [0.15, 0.2) is 0 Å². The molecular formula is C14H32N2O. The van der Waals surface area contributed by atoms with Gasteiger partial charge in [-0.1, -0.05) is 45.4 Å². The quantitative estimate of drug-likeness (QED) is 0.462. The van der Waals surface area contributed by atoms with Crippen LogP contribution in [0.2, 0.25) is 0 Å². The normalized spacial score (nSPS) is 14.8. The molecule has 0 aliphatic carbocycles. The van der Waals surface area contributed by atoms with Crippen molar-refractivity contribution >= 4 is 0 Å². The van der Waals surface area contributed by atoms with Gasteiger partial charge in [-0.15, -0.1) is 0 Å². The number of nitrogens with one attached hydrogen (secondary N) is 1. The zero-order chi connectivity index (χ0) is 12.9. The van der Waals surface area contributed by atoms with Crippen molar-refractivity contribution < 1.29 is 5.11 Å². The van der Waals surface area contributed by atoms with Crippen molar-refractivity contribution in [3.05, 3.63) is 0 Å². The molecule has 0 bridgehead atoms. The number of aliphatic hydroxyl groups excluding tert-OH is 1. The van der Waals surface area contributed by atoms with Gasteiger partial charge in [0.1, 0.15) is 0 Å². The summed E-state index contributed by atoms with van der Waals surface area (Å²) in [5, 5.41) is 12.7. The lowest BCUT2D eigenvalue weighted by atomic mass is 10.1. The molecule has 0 radical (unpaired) electrons. The molecule has 3 heteroatoms. The first-order valence-electron chi connectivity index (χ1n) is 7.32. The van der Waals surface area contributed by atoms with Crippen LogP contribution in [0.25, 0.3) is 0 Å². The third-order valence-electron chi connectivity index (χ3n) is 3.23. The van der Waals surface area contributed by atoms with E-state index in [1.807, 2.05) is 0 Å². The predicted octanol–water partition coefficient (Wildman–Crippen LogP) is 2.42. The van der Waals surface area contributed by atoms with E-state index >= 15 is 0 Å². The van der Waals surface area contributed by atoms with Crippen molar-refractivity contribution in [2.24, 2.45) is 5.73 Å². The minimum absolute atomic E-state index is 0.344. The topological polar surface area (TPSA) is 58.3 Å². The number of rotatable bonds is 12. The van der Waals surface area contributed by atoms with Crippen LogP contribution < -0.4 is 11.1 Å². The summed E-state index contributed by atoms with van der Waals surface area (Å²) >= 11 is 0. The van der Waals surface area contributed by atoms with E-state index in [2.05, 4.69) is 19.2 Å². The molecule has 0 saturated heterocycles. The Kier molecular flexibility index (Phi) is 12.3. The molecule has 0 rings (SSSR count). The van der Waals surface area contributed by atoms with E-state index in [1.54, 1.807) is 0 Å². The van der Waals surface area contributed by atoms with Gasteiger partial charge in [-0.2, -0.15) is 0 Å². The highest BCUT2D eigenvalue weighted by molar-refractivity contribution is 4.64. The van der Waals surface area contributed by atoms with Gasteiger partial charge in [-0.3, -0.25) is 0 Å². The Balaban J connectivity index is 3.20. The number of unbranched alkanes of at least 4 members (excludes halogenated alkanes) is 5. The number of hydrogen-bond donors (Lipinski definition) is 3. The number of hydrogen-bond acceptors (Lipinski definition) is 3. The van der Waals surface area contributed by atoms with Crippen LogP contribution in [-0.4, -0.2) is 30.3 Å². The molecule has 104 valence electrons. The summed E-state index contributed by atoms with van der Waals surface area (Å²) in [7, 11) is 0. The van der Waals surface area contributed by atoms with Gasteiger partial charge < -0.3 is 16.2 Å². The van der Waals surface area contributed by atoms with Crippen molar-refractivity contribution in [1.29, 1.82) is 0 Å². The van der Waals surface area contributed by atoms with Crippen LogP contribution in [0.15, 0.2) is 0 Å². The zero-order valence-electron chi connectivity index (χ0n) is 11.8. The Morgan fingerprint density at radius 3 is 2.35 bits per heavy atom. The molecule has 0 fully saturated rings. The zero-order valence-corrected chi connectivity index (χ0v) is 11.8. The maximum atomic E-state index is 9.30. The van der Waals surface area contributed by atoms with Crippen molar-refractivity contribution in [2.45, 2.75) is 77.4 Å². The summed E-state index contributed by atoms with van der Waals surface area (Å²) in [6.07, 6.45) is 9.81. The highest BCUT2D eigenvalue weighted by Crippen LogP contribution is 2.08. The maximum Gasteiger partial charge on any atom is 0.0674 e. The van der Waals surface area contributed by atoms with Crippen LogP contribution in [-0.2, 0) is 0 Å². The summed E-state index contributed by atoms with van der Waals surface area (Å²) in [4.78, 5) is 0. The smallest absolute Gasteiger partial charge is 0.0674 e. The molecule has 2 atom stereocenters. The fourth-order valence-electron chi connectivity index (χ4n) is 1.95. The lowest BCUT2D eigenvalue weighted by molar-refractivity contribution is 0.170. The average molecular weight is 244 g/mol. The fourth-order valence-corrected chi connectivity index (χ4v) is 1.95. The maximum absolute atomic E-state index is 9.30. The largest absolute Gasteiger partial charge is 0.392 e. The molecule has 0 aromatic carbocycles. The van der Waals surface area contributed by atoms with Crippen LogP contribution in [0.5, 0.6) is 0 Å². The van der Waals surface area contributed by atoms with E-state index < -0.39 is 0 Å². The van der Waals surface area contributed by atoms with E-state index in [0.29, 0.717) is 12.6 Å². The summed E-state index contributed by atoms with van der Waals surface area (Å²) in [5.74, 6) is 0. The molecule has 0 aromatic heterocycles. The molecular weight excluding hydrogens is 212 g/mol. The first-order valence-corrected chi connectivity index (χ1v) is 7.32.